The molecule has 0 heterocycles. The molecule has 1 fully saturated rings. The Bertz CT molecular complexity index is 180. The van der Waals surface area contributed by atoms with Crippen molar-refractivity contribution >= 4 is 0 Å². The third-order valence-electron chi connectivity index (χ3n) is 3.57. The van der Waals surface area contributed by atoms with Gasteiger partial charge in [0.15, 0.2) is 0 Å². The Morgan fingerprint density at radius 2 is 2.00 bits per heavy atom. The molecular weight excluding hydrogens is 196 g/mol. The van der Waals surface area contributed by atoms with Crippen LogP contribution in [-0.4, -0.2) is 6.10 Å². The Morgan fingerprint density at radius 3 is 2.69 bits per heavy atom. The molecule has 0 aromatic rings. The van der Waals surface area contributed by atoms with Gasteiger partial charge in [0.2, 0.25) is 0 Å². The van der Waals surface area contributed by atoms with E-state index in [1.165, 1.54) is 51.4 Å². The van der Waals surface area contributed by atoms with Gasteiger partial charge in [-0.3, -0.25) is 0 Å². The fraction of sp³-hybridized carbons (Fsp3) is 0.867. The second-order valence-electron chi connectivity index (χ2n) is 5.19. The molecule has 0 saturated heterocycles. The molecule has 1 nitrogen and oxygen atoms in total. The Labute approximate surface area is 101 Å². The van der Waals surface area contributed by atoms with E-state index in [1.54, 1.807) is 0 Å². The van der Waals surface area contributed by atoms with E-state index in [0.29, 0.717) is 6.10 Å². The number of ether oxygens (including phenoxy) is 1. The summed E-state index contributed by atoms with van der Waals surface area (Å²) in [5.74, 6) is 0.986. The first-order chi connectivity index (χ1) is 7.83. The molecular formula is C15H28O. The SMILES string of the molecule is CCCC=COC(C)CCC1CCCCC1. The summed E-state index contributed by atoms with van der Waals surface area (Å²) in [7, 11) is 0. The molecule has 0 radical (unpaired) electrons. The van der Waals surface area contributed by atoms with Gasteiger partial charge < -0.3 is 4.74 Å². The maximum Gasteiger partial charge on any atom is 0.0950 e. The lowest BCUT2D eigenvalue weighted by Crippen LogP contribution is -2.11. The molecule has 1 atom stereocenters. The molecule has 1 saturated carbocycles. The van der Waals surface area contributed by atoms with Crippen LogP contribution in [0.1, 0.15) is 71.6 Å². The molecule has 1 aliphatic carbocycles. The summed E-state index contributed by atoms with van der Waals surface area (Å²) in [6.07, 6.45) is 16.6. The molecule has 0 aromatic heterocycles. The Kier molecular flexibility index (Phi) is 7.37. The van der Waals surface area contributed by atoms with Crippen LogP contribution < -0.4 is 0 Å². The van der Waals surface area contributed by atoms with Gasteiger partial charge >= 0.3 is 0 Å². The molecule has 0 bridgehead atoms. The van der Waals surface area contributed by atoms with Crippen molar-refractivity contribution in [2.75, 3.05) is 0 Å². The van der Waals surface area contributed by atoms with Gasteiger partial charge in [0.1, 0.15) is 0 Å². The van der Waals surface area contributed by atoms with Crippen molar-refractivity contribution < 1.29 is 4.74 Å². The quantitative estimate of drug-likeness (QED) is 0.549. The van der Waals surface area contributed by atoms with Crippen molar-refractivity contribution in [3.8, 4) is 0 Å². The fourth-order valence-electron chi connectivity index (χ4n) is 2.44. The average Bonchev–Trinajstić information content (AvgIpc) is 2.33. The van der Waals surface area contributed by atoms with Crippen molar-refractivity contribution in [1.29, 1.82) is 0 Å². The van der Waals surface area contributed by atoms with Crippen LogP contribution in [0.2, 0.25) is 0 Å². The molecule has 0 spiro atoms. The molecule has 1 rings (SSSR count). The lowest BCUT2D eigenvalue weighted by Gasteiger charge is -2.22. The van der Waals surface area contributed by atoms with Crippen LogP contribution in [0.3, 0.4) is 0 Å². The Morgan fingerprint density at radius 1 is 1.25 bits per heavy atom. The van der Waals surface area contributed by atoms with Crippen molar-refractivity contribution in [2.45, 2.75) is 77.7 Å². The van der Waals surface area contributed by atoms with Crippen LogP contribution >= 0.6 is 0 Å². The van der Waals surface area contributed by atoms with Gasteiger partial charge in [-0.15, -0.1) is 0 Å². The minimum atomic E-state index is 0.398. The van der Waals surface area contributed by atoms with Crippen molar-refractivity contribution in [2.24, 2.45) is 5.92 Å². The lowest BCUT2D eigenvalue weighted by atomic mass is 9.85. The molecule has 1 heteroatoms. The van der Waals surface area contributed by atoms with Gasteiger partial charge in [0, 0.05) is 0 Å². The van der Waals surface area contributed by atoms with E-state index in [2.05, 4.69) is 19.9 Å². The summed E-state index contributed by atoms with van der Waals surface area (Å²) < 4.78 is 5.65. The zero-order chi connectivity index (χ0) is 11.6. The molecule has 16 heavy (non-hydrogen) atoms. The molecule has 0 amide bonds. The number of rotatable bonds is 7. The van der Waals surface area contributed by atoms with E-state index in [4.69, 9.17) is 4.74 Å². The van der Waals surface area contributed by atoms with Crippen LogP contribution in [0.5, 0.6) is 0 Å². The average molecular weight is 224 g/mol. The lowest BCUT2D eigenvalue weighted by molar-refractivity contribution is 0.139. The first kappa shape index (κ1) is 13.6. The van der Waals surface area contributed by atoms with Crippen LogP contribution in [0, 0.1) is 5.92 Å². The predicted octanol–water partition coefficient (Wildman–Crippen LogP) is 5.07. The van der Waals surface area contributed by atoms with Crippen LogP contribution in [0.25, 0.3) is 0 Å². The summed E-state index contributed by atoms with van der Waals surface area (Å²) >= 11 is 0. The first-order valence-corrected chi connectivity index (χ1v) is 7.13. The normalized spacial score (nSPS) is 20.1. The number of allylic oxidation sites excluding steroid dienone is 1. The minimum absolute atomic E-state index is 0.398. The Balaban J connectivity index is 2.02. The van der Waals surface area contributed by atoms with E-state index in [0.717, 1.165) is 12.3 Å². The van der Waals surface area contributed by atoms with E-state index >= 15 is 0 Å². The van der Waals surface area contributed by atoms with Gasteiger partial charge in [0.05, 0.1) is 12.4 Å². The minimum Gasteiger partial charge on any atom is -0.499 e. The third kappa shape index (κ3) is 6.19. The topological polar surface area (TPSA) is 9.23 Å². The highest BCUT2D eigenvalue weighted by molar-refractivity contribution is 4.74. The van der Waals surface area contributed by atoms with Gasteiger partial charge in [-0.25, -0.2) is 0 Å². The maximum absolute atomic E-state index is 5.65. The fourth-order valence-corrected chi connectivity index (χ4v) is 2.44. The summed E-state index contributed by atoms with van der Waals surface area (Å²) in [6.45, 7) is 4.38. The summed E-state index contributed by atoms with van der Waals surface area (Å²) in [5, 5.41) is 0. The second-order valence-corrected chi connectivity index (χ2v) is 5.19. The van der Waals surface area contributed by atoms with Crippen LogP contribution in [-0.2, 0) is 4.74 Å². The smallest absolute Gasteiger partial charge is 0.0950 e. The van der Waals surface area contributed by atoms with Gasteiger partial charge in [-0.05, 0) is 38.2 Å². The van der Waals surface area contributed by atoms with E-state index < -0.39 is 0 Å². The highest BCUT2D eigenvalue weighted by Gasteiger charge is 2.14. The number of hydrogen-bond acceptors (Lipinski definition) is 1. The molecule has 0 aliphatic heterocycles. The predicted molar refractivity (Wildman–Crippen MR) is 70.4 cm³/mol. The van der Waals surface area contributed by atoms with Crippen LogP contribution in [0.4, 0.5) is 0 Å². The molecule has 94 valence electrons. The highest BCUT2D eigenvalue weighted by Crippen LogP contribution is 2.27. The van der Waals surface area contributed by atoms with Gasteiger partial charge in [-0.2, -0.15) is 0 Å². The second kappa shape index (κ2) is 8.66. The molecule has 0 aromatic carbocycles. The summed E-state index contributed by atoms with van der Waals surface area (Å²) in [4.78, 5) is 0. The summed E-state index contributed by atoms with van der Waals surface area (Å²) in [6, 6.07) is 0. The molecule has 1 aliphatic rings. The van der Waals surface area contributed by atoms with Crippen molar-refractivity contribution in [3.05, 3.63) is 12.3 Å². The highest BCUT2D eigenvalue weighted by atomic mass is 16.5. The van der Waals surface area contributed by atoms with E-state index in [-0.39, 0.29) is 0 Å². The number of hydrogen-bond donors (Lipinski definition) is 0. The zero-order valence-electron chi connectivity index (χ0n) is 11.1. The first-order valence-electron chi connectivity index (χ1n) is 7.13. The van der Waals surface area contributed by atoms with E-state index in [9.17, 15) is 0 Å². The van der Waals surface area contributed by atoms with Gasteiger partial charge in [0.25, 0.3) is 0 Å². The molecule has 0 N–H and O–H groups in total. The van der Waals surface area contributed by atoms with Crippen molar-refractivity contribution in [1.82, 2.24) is 0 Å². The number of unbranched alkanes of at least 4 members (excludes halogenated alkanes) is 1. The molecule has 1 unspecified atom stereocenters. The summed E-state index contributed by atoms with van der Waals surface area (Å²) in [5.41, 5.74) is 0. The largest absolute Gasteiger partial charge is 0.499 e. The third-order valence-corrected chi connectivity index (χ3v) is 3.57. The van der Waals surface area contributed by atoms with Crippen molar-refractivity contribution in [3.63, 3.8) is 0 Å². The Hall–Kier alpha value is -0.460. The van der Waals surface area contributed by atoms with Gasteiger partial charge in [-0.1, -0.05) is 45.4 Å². The standard InChI is InChI=1S/C15H28O/c1-3-4-8-13-16-14(2)11-12-15-9-6-5-7-10-15/h8,13-15H,3-7,9-12H2,1-2H3. The van der Waals surface area contributed by atoms with E-state index in [1.807, 2.05) is 6.26 Å². The maximum atomic E-state index is 5.65. The monoisotopic (exact) mass is 224 g/mol. The van der Waals surface area contributed by atoms with Crippen LogP contribution in [0.15, 0.2) is 12.3 Å². The zero-order valence-corrected chi connectivity index (χ0v) is 11.1.